The summed E-state index contributed by atoms with van der Waals surface area (Å²) in [4.78, 5) is 0. The molecule has 0 amide bonds. The van der Waals surface area contributed by atoms with Gasteiger partial charge in [-0.15, -0.1) is 4.72 Å². The Balaban J connectivity index is 2.83. The van der Waals surface area contributed by atoms with Crippen molar-refractivity contribution in [3.8, 4) is 11.5 Å². The Morgan fingerprint density at radius 3 is 2.41 bits per heavy atom. The van der Waals surface area contributed by atoms with E-state index in [2.05, 4.69) is 4.72 Å². The van der Waals surface area contributed by atoms with Crippen LogP contribution in [0.1, 0.15) is 39.3 Å². The van der Waals surface area contributed by atoms with Crippen LogP contribution in [0.25, 0.3) is 0 Å². The summed E-state index contributed by atoms with van der Waals surface area (Å²) < 4.78 is 49.3. The van der Waals surface area contributed by atoms with Crippen molar-refractivity contribution in [3.05, 3.63) is 23.8 Å². The highest BCUT2D eigenvalue weighted by Gasteiger charge is 2.28. The van der Waals surface area contributed by atoms with Crippen LogP contribution in [0.3, 0.4) is 0 Å². The molecule has 0 aliphatic heterocycles. The summed E-state index contributed by atoms with van der Waals surface area (Å²) in [5.41, 5.74) is 0.832. The second-order valence-electron chi connectivity index (χ2n) is 5.83. The normalized spacial score (nSPS) is 14.8. The summed E-state index contributed by atoms with van der Waals surface area (Å²) in [6.07, 6.45) is -2.54. The van der Waals surface area contributed by atoms with Gasteiger partial charge in [0.15, 0.2) is 11.5 Å². The van der Waals surface area contributed by atoms with Gasteiger partial charge < -0.3 is 14.0 Å². The van der Waals surface area contributed by atoms with E-state index < -0.39 is 24.4 Å². The average molecular weight is 335 g/mol. The zero-order valence-electron chi connectivity index (χ0n) is 13.5. The predicted octanol–water partition coefficient (Wildman–Crippen LogP) is 3.45. The molecule has 0 aliphatic rings. The molecule has 22 heavy (non-hydrogen) atoms. The molecule has 0 bridgehead atoms. The van der Waals surface area contributed by atoms with E-state index in [0.717, 1.165) is 5.56 Å². The Bertz CT molecular complexity index is 480. The van der Waals surface area contributed by atoms with Crippen LogP contribution in [0.2, 0.25) is 0 Å². The van der Waals surface area contributed by atoms with Crippen molar-refractivity contribution < 1.29 is 22.8 Å². The Kier molecular flexibility index (Phi) is 6.90. The summed E-state index contributed by atoms with van der Waals surface area (Å²) in [5.74, 6) is 0.629. The number of hydrogen-bond acceptors (Lipinski definition) is 4. The summed E-state index contributed by atoms with van der Waals surface area (Å²) in [5, 5.41) is 0. The van der Waals surface area contributed by atoms with Crippen molar-refractivity contribution in [3.63, 3.8) is 0 Å². The molecule has 0 saturated heterocycles. The van der Waals surface area contributed by atoms with Gasteiger partial charge in [-0.3, -0.25) is 0 Å². The van der Waals surface area contributed by atoms with Gasteiger partial charge in [0.2, 0.25) is 0 Å². The number of rotatable bonds is 7. The van der Waals surface area contributed by atoms with Crippen molar-refractivity contribution in [1.29, 1.82) is 0 Å². The van der Waals surface area contributed by atoms with Crippen LogP contribution in [0.4, 0.5) is 8.78 Å². The SMILES string of the molecule is COc1cc([C@@H](C)N[S+]([O-])C(C)(C)C)ccc1OCC(F)F. The monoisotopic (exact) mass is 335 g/mol. The molecule has 0 aliphatic carbocycles. The Morgan fingerprint density at radius 2 is 1.91 bits per heavy atom. The standard InChI is InChI=1S/C15H23F2NO3S/c1-10(18-22(19)15(2,3)4)11-6-7-12(13(8-11)20-5)21-9-14(16)17/h6-8,10,14,18H,9H2,1-5H3/t10-,22?/m1/s1. The fraction of sp³-hybridized carbons (Fsp3) is 0.600. The zero-order valence-corrected chi connectivity index (χ0v) is 14.3. The molecule has 0 radical (unpaired) electrons. The van der Waals surface area contributed by atoms with Crippen LogP contribution < -0.4 is 14.2 Å². The van der Waals surface area contributed by atoms with E-state index in [1.54, 1.807) is 18.2 Å². The van der Waals surface area contributed by atoms with Gasteiger partial charge in [-0.2, -0.15) is 0 Å². The molecule has 1 aromatic rings. The highest BCUT2D eigenvalue weighted by molar-refractivity contribution is 7.90. The first-order valence-corrected chi connectivity index (χ1v) is 8.07. The van der Waals surface area contributed by atoms with Gasteiger partial charge in [0.25, 0.3) is 6.43 Å². The maximum absolute atomic E-state index is 12.2. The molecule has 4 nitrogen and oxygen atoms in total. The van der Waals surface area contributed by atoms with Gasteiger partial charge in [-0.05, 0) is 45.4 Å². The fourth-order valence-electron chi connectivity index (χ4n) is 1.63. The second-order valence-corrected chi connectivity index (χ2v) is 7.83. The Morgan fingerprint density at radius 1 is 1.27 bits per heavy atom. The molecule has 1 N–H and O–H groups in total. The molecule has 0 spiro atoms. The van der Waals surface area contributed by atoms with E-state index in [0.29, 0.717) is 5.75 Å². The third-order valence-electron chi connectivity index (χ3n) is 2.89. The van der Waals surface area contributed by atoms with Crippen molar-refractivity contribution in [2.75, 3.05) is 13.7 Å². The molecular weight excluding hydrogens is 312 g/mol. The number of benzene rings is 1. The van der Waals surface area contributed by atoms with Crippen LogP contribution >= 0.6 is 0 Å². The van der Waals surface area contributed by atoms with Crippen LogP contribution in [0.5, 0.6) is 11.5 Å². The lowest BCUT2D eigenvalue weighted by Crippen LogP contribution is -2.40. The predicted molar refractivity (Wildman–Crippen MR) is 83.9 cm³/mol. The van der Waals surface area contributed by atoms with E-state index in [9.17, 15) is 13.3 Å². The lowest BCUT2D eigenvalue weighted by atomic mass is 10.1. The lowest BCUT2D eigenvalue weighted by molar-refractivity contribution is 0.0804. The van der Waals surface area contributed by atoms with Crippen LogP contribution in [-0.2, 0) is 11.4 Å². The summed E-state index contributed by atoms with van der Waals surface area (Å²) in [6.45, 7) is 6.83. The molecule has 0 fully saturated rings. The minimum atomic E-state index is -2.54. The molecule has 1 unspecified atom stereocenters. The fourth-order valence-corrected chi connectivity index (χ4v) is 2.44. The number of halogens is 2. The number of hydrogen-bond donors (Lipinski definition) is 1. The third-order valence-corrected chi connectivity index (χ3v) is 4.57. The summed E-state index contributed by atoms with van der Waals surface area (Å²) in [6, 6.07) is 4.83. The number of nitrogens with one attached hydrogen (secondary N) is 1. The Hall–Kier alpha value is -1.05. The zero-order chi connectivity index (χ0) is 16.9. The van der Waals surface area contributed by atoms with Gasteiger partial charge in [-0.25, -0.2) is 8.78 Å². The number of alkyl halides is 2. The molecule has 0 heterocycles. The Labute approximate surface area is 133 Å². The highest BCUT2D eigenvalue weighted by atomic mass is 32.2. The van der Waals surface area contributed by atoms with E-state index >= 15 is 0 Å². The minimum Gasteiger partial charge on any atom is -0.598 e. The van der Waals surface area contributed by atoms with Crippen molar-refractivity contribution in [1.82, 2.24) is 4.72 Å². The van der Waals surface area contributed by atoms with E-state index in [4.69, 9.17) is 9.47 Å². The van der Waals surface area contributed by atoms with Crippen LogP contribution in [-0.4, -0.2) is 29.4 Å². The van der Waals surface area contributed by atoms with Gasteiger partial charge in [0, 0.05) is 11.4 Å². The number of methoxy groups -OCH3 is 1. The molecule has 1 aromatic carbocycles. The van der Waals surface area contributed by atoms with Gasteiger partial charge in [-0.1, -0.05) is 6.07 Å². The summed E-state index contributed by atoms with van der Waals surface area (Å²) in [7, 11) is 1.44. The molecule has 2 atom stereocenters. The number of ether oxygens (including phenoxy) is 2. The topological polar surface area (TPSA) is 53.5 Å². The first-order valence-electron chi connectivity index (χ1n) is 6.92. The quantitative estimate of drug-likeness (QED) is 0.776. The largest absolute Gasteiger partial charge is 0.598 e. The van der Waals surface area contributed by atoms with Crippen LogP contribution in [0.15, 0.2) is 18.2 Å². The van der Waals surface area contributed by atoms with Gasteiger partial charge in [0.05, 0.1) is 13.2 Å². The highest BCUT2D eigenvalue weighted by Crippen LogP contribution is 2.31. The molecule has 0 saturated carbocycles. The van der Waals surface area contributed by atoms with Crippen molar-refractivity contribution in [2.45, 2.75) is 44.9 Å². The van der Waals surface area contributed by atoms with E-state index in [1.165, 1.54) is 7.11 Å². The first kappa shape index (κ1) is 19.0. The lowest BCUT2D eigenvalue weighted by Gasteiger charge is -2.26. The van der Waals surface area contributed by atoms with E-state index in [-0.39, 0.29) is 16.5 Å². The molecular formula is C15H23F2NO3S. The van der Waals surface area contributed by atoms with Gasteiger partial charge in [0.1, 0.15) is 11.4 Å². The van der Waals surface area contributed by atoms with E-state index in [1.807, 2.05) is 27.7 Å². The van der Waals surface area contributed by atoms with Crippen LogP contribution in [0, 0.1) is 0 Å². The molecule has 7 heteroatoms. The average Bonchev–Trinajstić information content (AvgIpc) is 2.43. The maximum atomic E-state index is 12.2. The first-order chi connectivity index (χ1) is 10.1. The maximum Gasteiger partial charge on any atom is 0.272 e. The molecule has 0 aromatic heterocycles. The van der Waals surface area contributed by atoms with Crippen molar-refractivity contribution in [2.24, 2.45) is 0 Å². The molecule has 126 valence electrons. The molecule has 1 rings (SSSR count). The van der Waals surface area contributed by atoms with Gasteiger partial charge >= 0.3 is 0 Å². The van der Waals surface area contributed by atoms with Crippen molar-refractivity contribution >= 4 is 11.4 Å². The summed E-state index contributed by atoms with van der Waals surface area (Å²) >= 11 is -1.21. The third kappa shape index (κ3) is 5.62. The minimum absolute atomic E-state index is 0.182. The smallest absolute Gasteiger partial charge is 0.272 e. The second kappa shape index (κ2) is 7.99.